The van der Waals surface area contributed by atoms with E-state index in [2.05, 4.69) is 13.2 Å². The van der Waals surface area contributed by atoms with Gasteiger partial charge in [-0.2, -0.15) is 0 Å². The van der Waals surface area contributed by atoms with Crippen LogP contribution in [0.15, 0.2) is 48.1 Å². The van der Waals surface area contributed by atoms with Gasteiger partial charge in [-0.1, -0.05) is 48.1 Å². The molecule has 4 heteroatoms. The van der Waals surface area contributed by atoms with E-state index in [0.717, 1.165) is 16.7 Å². The molecule has 0 aliphatic rings. The molecule has 0 bridgehead atoms. The minimum absolute atomic E-state index is 0.213. The second-order valence-electron chi connectivity index (χ2n) is 5.76. The monoisotopic (exact) mass is 320 g/mol. The van der Waals surface area contributed by atoms with Crippen molar-refractivity contribution in [3.05, 3.63) is 48.1 Å². The van der Waals surface area contributed by atoms with E-state index in [1.807, 2.05) is 26.8 Å². The first-order chi connectivity index (χ1) is 10.7. The van der Waals surface area contributed by atoms with Crippen LogP contribution in [-0.4, -0.2) is 26.2 Å². The number of hydrogen-bond donors (Lipinski definition) is 0. The first kappa shape index (κ1) is 20.9. The molecule has 0 fully saturated rings. The minimum Gasteiger partial charge on any atom is -0.468 e. The molecule has 4 nitrogen and oxygen atoms in total. The Kier molecular flexibility index (Phi) is 8.93. The van der Waals surface area contributed by atoms with Crippen LogP contribution < -0.4 is 0 Å². The van der Waals surface area contributed by atoms with Gasteiger partial charge in [-0.25, -0.2) is 0 Å². The van der Waals surface area contributed by atoms with Gasteiger partial charge in [0, 0.05) is 0 Å². The number of allylic oxidation sites excluding steroid dienone is 6. The molecule has 0 saturated heterocycles. The first-order valence-corrected chi connectivity index (χ1v) is 7.52. The average Bonchev–Trinajstić information content (AvgIpc) is 2.52. The van der Waals surface area contributed by atoms with Gasteiger partial charge in [-0.15, -0.1) is 0 Å². The van der Waals surface area contributed by atoms with Gasteiger partial charge >= 0.3 is 11.9 Å². The molecule has 0 aromatic heterocycles. The highest BCUT2D eigenvalue weighted by molar-refractivity contribution is 6.00. The van der Waals surface area contributed by atoms with E-state index in [-0.39, 0.29) is 6.42 Å². The smallest absolute Gasteiger partial charge is 0.323 e. The molecule has 0 aromatic rings. The fraction of sp³-hybridized carbons (Fsp3) is 0.474. The number of methoxy groups -OCH3 is 2. The molecule has 0 heterocycles. The van der Waals surface area contributed by atoms with Crippen LogP contribution in [0.4, 0.5) is 0 Å². The summed E-state index contributed by atoms with van der Waals surface area (Å²) in [6.07, 6.45) is 6.50. The average molecular weight is 320 g/mol. The Morgan fingerprint density at radius 3 is 2.00 bits per heavy atom. The normalized spacial score (nSPS) is 12.6. The van der Waals surface area contributed by atoms with Crippen LogP contribution in [0.1, 0.15) is 40.0 Å². The molecule has 0 saturated carbocycles. The van der Waals surface area contributed by atoms with E-state index in [9.17, 15) is 9.59 Å². The van der Waals surface area contributed by atoms with Crippen molar-refractivity contribution in [1.29, 1.82) is 0 Å². The van der Waals surface area contributed by atoms with Crippen LogP contribution in [0.5, 0.6) is 0 Å². The molecule has 0 atom stereocenters. The fourth-order valence-electron chi connectivity index (χ4n) is 2.27. The molecule has 0 spiro atoms. The zero-order chi connectivity index (χ0) is 18.0. The lowest BCUT2D eigenvalue weighted by Gasteiger charge is -2.27. The number of rotatable bonds is 9. The van der Waals surface area contributed by atoms with Crippen molar-refractivity contribution >= 4 is 11.9 Å². The molecular weight excluding hydrogens is 292 g/mol. The summed E-state index contributed by atoms with van der Waals surface area (Å²) in [4.78, 5) is 24.7. The maximum Gasteiger partial charge on any atom is 0.323 e. The minimum atomic E-state index is -1.35. The molecule has 0 amide bonds. The molecule has 0 aliphatic heterocycles. The van der Waals surface area contributed by atoms with Crippen molar-refractivity contribution in [3.8, 4) is 0 Å². The maximum absolute atomic E-state index is 12.4. The lowest BCUT2D eigenvalue weighted by Crippen LogP contribution is -2.41. The standard InChI is InChI=1S/C19H28O4/c1-8-15(4)9-11-19(17(20)22-6,18(21)23-7)12-10-16(5)13-14(2)3/h8-9,13H,1-2,10-12H2,3-7H3/b15-9+,16-13+. The van der Waals surface area contributed by atoms with Gasteiger partial charge < -0.3 is 9.47 Å². The van der Waals surface area contributed by atoms with E-state index in [1.54, 1.807) is 12.2 Å². The zero-order valence-corrected chi connectivity index (χ0v) is 14.9. The van der Waals surface area contributed by atoms with Gasteiger partial charge in [-0.05, 0) is 40.0 Å². The molecule has 23 heavy (non-hydrogen) atoms. The Hall–Kier alpha value is -2.10. The number of ether oxygens (including phenoxy) is 2. The van der Waals surface area contributed by atoms with Gasteiger partial charge in [-0.3, -0.25) is 9.59 Å². The van der Waals surface area contributed by atoms with Crippen molar-refractivity contribution in [1.82, 2.24) is 0 Å². The Morgan fingerprint density at radius 1 is 1.09 bits per heavy atom. The third-order valence-electron chi connectivity index (χ3n) is 3.69. The van der Waals surface area contributed by atoms with Crippen LogP contribution in [0, 0.1) is 5.41 Å². The number of esters is 2. The highest BCUT2D eigenvalue weighted by Crippen LogP contribution is 2.34. The fourth-order valence-corrected chi connectivity index (χ4v) is 2.27. The van der Waals surface area contributed by atoms with Gasteiger partial charge in [0.25, 0.3) is 0 Å². The lowest BCUT2D eigenvalue weighted by molar-refractivity contribution is -0.169. The number of hydrogen-bond acceptors (Lipinski definition) is 4. The van der Waals surface area contributed by atoms with Gasteiger partial charge in [0.1, 0.15) is 0 Å². The highest BCUT2D eigenvalue weighted by Gasteiger charge is 2.47. The van der Waals surface area contributed by atoms with Crippen LogP contribution in [0.3, 0.4) is 0 Å². The predicted molar refractivity (Wildman–Crippen MR) is 92.8 cm³/mol. The second-order valence-corrected chi connectivity index (χ2v) is 5.76. The van der Waals surface area contributed by atoms with Crippen LogP contribution >= 0.6 is 0 Å². The van der Waals surface area contributed by atoms with Crippen LogP contribution in [0.2, 0.25) is 0 Å². The van der Waals surface area contributed by atoms with Gasteiger partial charge in [0.15, 0.2) is 5.41 Å². The van der Waals surface area contributed by atoms with Crippen molar-refractivity contribution in [2.75, 3.05) is 14.2 Å². The Labute approximate surface area is 139 Å². The first-order valence-electron chi connectivity index (χ1n) is 7.52. The summed E-state index contributed by atoms with van der Waals surface area (Å²) in [5.74, 6) is -1.17. The van der Waals surface area contributed by atoms with Gasteiger partial charge in [0.05, 0.1) is 14.2 Å². The summed E-state index contributed by atoms with van der Waals surface area (Å²) in [5.41, 5.74) is 1.50. The summed E-state index contributed by atoms with van der Waals surface area (Å²) >= 11 is 0. The summed E-state index contributed by atoms with van der Waals surface area (Å²) in [6, 6.07) is 0. The molecule has 0 unspecified atom stereocenters. The van der Waals surface area contributed by atoms with E-state index in [1.165, 1.54) is 14.2 Å². The quantitative estimate of drug-likeness (QED) is 0.364. The largest absolute Gasteiger partial charge is 0.468 e. The highest BCUT2D eigenvalue weighted by atomic mass is 16.5. The topological polar surface area (TPSA) is 52.6 Å². The second kappa shape index (κ2) is 9.82. The molecule has 128 valence electrons. The number of carbonyl (C=O) groups is 2. The molecule has 0 rings (SSSR count). The molecule has 0 radical (unpaired) electrons. The van der Waals surface area contributed by atoms with E-state index in [0.29, 0.717) is 12.8 Å². The summed E-state index contributed by atoms with van der Waals surface area (Å²) < 4.78 is 9.77. The van der Waals surface area contributed by atoms with Crippen LogP contribution in [0.25, 0.3) is 0 Å². The Balaban J connectivity index is 5.63. The van der Waals surface area contributed by atoms with Crippen molar-refractivity contribution in [3.63, 3.8) is 0 Å². The van der Waals surface area contributed by atoms with Crippen LogP contribution in [-0.2, 0) is 19.1 Å². The summed E-state index contributed by atoms with van der Waals surface area (Å²) in [7, 11) is 2.56. The Morgan fingerprint density at radius 2 is 1.61 bits per heavy atom. The SMILES string of the molecule is C=C/C(C)=C/CC(CC/C(C)=C/C(=C)C)(C(=O)OC)C(=O)OC. The Bertz CT molecular complexity index is 507. The van der Waals surface area contributed by atoms with Gasteiger partial charge in [0.2, 0.25) is 0 Å². The molecule has 0 aromatic carbocycles. The zero-order valence-electron chi connectivity index (χ0n) is 14.9. The molecule has 0 aliphatic carbocycles. The third kappa shape index (κ3) is 6.27. The molecular formula is C19H28O4. The van der Waals surface area contributed by atoms with E-state index in [4.69, 9.17) is 9.47 Å². The predicted octanol–water partition coefficient (Wildman–Crippen LogP) is 4.14. The maximum atomic E-state index is 12.4. The third-order valence-corrected chi connectivity index (χ3v) is 3.69. The van der Waals surface area contributed by atoms with Crippen molar-refractivity contribution < 1.29 is 19.1 Å². The molecule has 0 N–H and O–H groups in total. The van der Waals surface area contributed by atoms with Crippen molar-refractivity contribution in [2.24, 2.45) is 5.41 Å². The summed E-state index contributed by atoms with van der Waals surface area (Å²) in [6.45, 7) is 13.2. The van der Waals surface area contributed by atoms with E-state index >= 15 is 0 Å². The van der Waals surface area contributed by atoms with E-state index < -0.39 is 17.4 Å². The lowest BCUT2D eigenvalue weighted by atomic mass is 9.78. The number of carbonyl (C=O) groups excluding carboxylic acids is 2. The summed E-state index contributed by atoms with van der Waals surface area (Å²) in [5, 5.41) is 0. The van der Waals surface area contributed by atoms with Crippen molar-refractivity contribution in [2.45, 2.75) is 40.0 Å².